The topological polar surface area (TPSA) is 29.4 Å². The molecule has 1 aromatic carbocycles. The Hall–Kier alpha value is -1.35. The third kappa shape index (κ3) is 3.58. The molecule has 0 spiro atoms. The van der Waals surface area contributed by atoms with E-state index in [4.69, 9.17) is 0 Å². The first kappa shape index (κ1) is 10.7. The van der Waals surface area contributed by atoms with Crippen LogP contribution in [0.2, 0.25) is 0 Å². The maximum absolute atomic E-state index is 11.5. The highest BCUT2D eigenvalue weighted by Crippen LogP contribution is 2.00. The van der Waals surface area contributed by atoms with E-state index in [0.29, 0.717) is 5.56 Å². The second-order valence-electron chi connectivity index (χ2n) is 2.54. The van der Waals surface area contributed by atoms with E-state index in [1.165, 1.54) is 11.8 Å². The van der Waals surface area contributed by atoms with Crippen LogP contribution in [0.3, 0.4) is 0 Å². The SMILES string of the molecule is C=CSC=NCC(=O)c1ccccc1. The number of aliphatic imine (C=N–C) groups is 1. The van der Waals surface area contributed by atoms with Crippen LogP contribution in [0.4, 0.5) is 0 Å². The minimum absolute atomic E-state index is 0.0338. The van der Waals surface area contributed by atoms with Gasteiger partial charge in [-0.25, -0.2) is 0 Å². The zero-order chi connectivity index (χ0) is 10.2. The highest BCUT2D eigenvalue weighted by atomic mass is 32.2. The van der Waals surface area contributed by atoms with Crippen molar-refractivity contribution in [3.8, 4) is 0 Å². The number of benzene rings is 1. The van der Waals surface area contributed by atoms with Gasteiger partial charge >= 0.3 is 0 Å². The Bertz CT molecular complexity index is 332. The van der Waals surface area contributed by atoms with Crippen LogP contribution in [0.25, 0.3) is 0 Å². The predicted molar refractivity (Wildman–Crippen MR) is 61.9 cm³/mol. The van der Waals surface area contributed by atoms with Gasteiger partial charge in [0.05, 0.1) is 5.55 Å². The Labute approximate surface area is 87.7 Å². The van der Waals surface area contributed by atoms with E-state index >= 15 is 0 Å². The van der Waals surface area contributed by atoms with E-state index in [1.807, 2.05) is 18.2 Å². The van der Waals surface area contributed by atoms with Crippen LogP contribution < -0.4 is 0 Å². The number of carbonyl (C=O) groups excluding carboxylic acids is 1. The molecular weight excluding hydrogens is 194 g/mol. The fourth-order valence-corrected chi connectivity index (χ4v) is 1.17. The molecule has 0 unspecified atom stereocenters. The van der Waals surface area contributed by atoms with Crippen LogP contribution in [0.15, 0.2) is 47.3 Å². The molecule has 0 atom stereocenters. The van der Waals surface area contributed by atoms with Gasteiger partial charge in [0.15, 0.2) is 5.78 Å². The Balaban J connectivity index is 2.47. The summed E-state index contributed by atoms with van der Waals surface area (Å²) in [6, 6.07) is 9.15. The average Bonchev–Trinajstić information content (AvgIpc) is 2.25. The molecule has 0 aliphatic carbocycles. The van der Waals surface area contributed by atoms with Crippen LogP contribution in [-0.2, 0) is 0 Å². The zero-order valence-corrected chi connectivity index (χ0v) is 8.54. The summed E-state index contributed by atoms with van der Waals surface area (Å²) in [5.74, 6) is 0.0338. The van der Waals surface area contributed by atoms with Crippen molar-refractivity contribution in [2.24, 2.45) is 4.99 Å². The smallest absolute Gasteiger partial charge is 0.184 e. The maximum atomic E-state index is 11.5. The van der Waals surface area contributed by atoms with Crippen LogP contribution >= 0.6 is 11.8 Å². The summed E-state index contributed by atoms with van der Waals surface area (Å²) in [4.78, 5) is 15.4. The minimum Gasteiger partial charge on any atom is -0.292 e. The van der Waals surface area contributed by atoms with E-state index in [9.17, 15) is 4.79 Å². The molecule has 0 aromatic heterocycles. The Morgan fingerprint density at radius 1 is 1.43 bits per heavy atom. The maximum Gasteiger partial charge on any atom is 0.184 e. The molecule has 1 rings (SSSR count). The van der Waals surface area contributed by atoms with Gasteiger partial charge in [-0.15, -0.1) is 0 Å². The Morgan fingerprint density at radius 2 is 2.14 bits per heavy atom. The summed E-state index contributed by atoms with van der Waals surface area (Å²) < 4.78 is 0. The molecule has 0 amide bonds. The van der Waals surface area contributed by atoms with E-state index < -0.39 is 0 Å². The molecule has 0 radical (unpaired) electrons. The molecule has 1 aromatic rings. The molecule has 0 saturated heterocycles. The summed E-state index contributed by atoms with van der Waals surface area (Å²) in [7, 11) is 0. The van der Waals surface area contributed by atoms with Gasteiger partial charge in [0.2, 0.25) is 0 Å². The van der Waals surface area contributed by atoms with Crippen molar-refractivity contribution in [2.75, 3.05) is 6.54 Å². The third-order valence-electron chi connectivity index (χ3n) is 1.56. The van der Waals surface area contributed by atoms with Crippen molar-refractivity contribution in [3.63, 3.8) is 0 Å². The van der Waals surface area contributed by atoms with Crippen molar-refractivity contribution in [2.45, 2.75) is 0 Å². The minimum atomic E-state index is 0.0338. The van der Waals surface area contributed by atoms with Gasteiger partial charge in [-0.1, -0.05) is 48.7 Å². The molecule has 0 bridgehead atoms. The molecule has 14 heavy (non-hydrogen) atoms. The predicted octanol–water partition coefficient (Wildman–Crippen LogP) is 2.77. The van der Waals surface area contributed by atoms with Gasteiger partial charge in [0.1, 0.15) is 6.54 Å². The van der Waals surface area contributed by atoms with Gasteiger partial charge in [-0.3, -0.25) is 9.79 Å². The van der Waals surface area contributed by atoms with E-state index in [0.717, 1.165) is 0 Å². The van der Waals surface area contributed by atoms with Crippen LogP contribution in [0, 0.1) is 0 Å². The molecule has 72 valence electrons. The molecule has 0 aliphatic rings. The van der Waals surface area contributed by atoms with E-state index in [-0.39, 0.29) is 12.3 Å². The van der Waals surface area contributed by atoms with Crippen LogP contribution in [0.1, 0.15) is 10.4 Å². The number of Topliss-reactive ketones (excluding diaryl/α,β-unsaturated/α-hetero) is 1. The molecule has 2 nitrogen and oxygen atoms in total. The lowest BCUT2D eigenvalue weighted by molar-refractivity contribution is 0.100. The van der Waals surface area contributed by atoms with Crippen molar-refractivity contribution in [1.29, 1.82) is 0 Å². The lowest BCUT2D eigenvalue weighted by Crippen LogP contribution is -2.02. The molecule has 0 heterocycles. The lowest BCUT2D eigenvalue weighted by atomic mass is 10.1. The van der Waals surface area contributed by atoms with Crippen molar-refractivity contribution < 1.29 is 4.79 Å². The fraction of sp³-hybridized carbons (Fsp3) is 0.0909. The number of thioether (sulfide) groups is 1. The molecular formula is C11H11NOS. The van der Waals surface area contributed by atoms with Crippen molar-refractivity contribution >= 4 is 23.1 Å². The average molecular weight is 205 g/mol. The third-order valence-corrected chi connectivity index (χ3v) is 2.03. The first-order valence-corrected chi connectivity index (χ1v) is 5.12. The standard InChI is InChI=1S/C11H11NOS/c1-2-14-9-12-8-11(13)10-6-4-3-5-7-10/h2-7,9H,1,8H2. The van der Waals surface area contributed by atoms with Crippen molar-refractivity contribution in [1.82, 2.24) is 0 Å². The van der Waals surface area contributed by atoms with Crippen molar-refractivity contribution in [3.05, 3.63) is 47.9 Å². The monoisotopic (exact) mass is 205 g/mol. The number of rotatable bonds is 5. The highest BCUT2D eigenvalue weighted by molar-refractivity contribution is 8.14. The molecule has 3 heteroatoms. The second-order valence-corrected chi connectivity index (χ2v) is 3.35. The number of ketones is 1. The second kappa shape index (κ2) is 6.16. The molecule has 0 aliphatic heterocycles. The summed E-state index contributed by atoms with van der Waals surface area (Å²) in [5.41, 5.74) is 2.32. The zero-order valence-electron chi connectivity index (χ0n) is 7.72. The van der Waals surface area contributed by atoms with Gasteiger partial charge in [-0.2, -0.15) is 0 Å². The number of carbonyl (C=O) groups is 1. The number of hydrogen-bond acceptors (Lipinski definition) is 3. The normalized spacial score (nSPS) is 10.3. The van der Waals surface area contributed by atoms with Gasteiger partial charge in [0, 0.05) is 5.56 Å². The van der Waals surface area contributed by atoms with Gasteiger partial charge in [0.25, 0.3) is 0 Å². The van der Waals surface area contributed by atoms with Crippen LogP contribution in [0.5, 0.6) is 0 Å². The first-order valence-electron chi connectivity index (χ1n) is 4.17. The van der Waals surface area contributed by atoms with Gasteiger partial charge in [-0.05, 0) is 5.41 Å². The van der Waals surface area contributed by atoms with Gasteiger partial charge < -0.3 is 0 Å². The van der Waals surface area contributed by atoms with E-state index in [1.54, 1.807) is 23.1 Å². The van der Waals surface area contributed by atoms with E-state index in [2.05, 4.69) is 11.6 Å². The molecule has 0 saturated carbocycles. The lowest BCUT2D eigenvalue weighted by Gasteiger charge is -1.95. The number of nitrogens with zero attached hydrogens (tertiary/aromatic N) is 1. The molecule has 0 fully saturated rings. The van der Waals surface area contributed by atoms with Crippen LogP contribution in [-0.4, -0.2) is 17.9 Å². The highest BCUT2D eigenvalue weighted by Gasteiger charge is 2.01. The Morgan fingerprint density at radius 3 is 2.79 bits per heavy atom. The first-order chi connectivity index (χ1) is 6.84. The molecule has 0 N–H and O–H groups in total. The summed E-state index contributed by atoms with van der Waals surface area (Å²) >= 11 is 1.37. The largest absolute Gasteiger partial charge is 0.292 e. The number of hydrogen-bond donors (Lipinski definition) is 0. The summed E-state index contributed by atoms with van der Waals surface area (Å²) in [6.07, 6.45) is 0. The summed E-state index contributed by atoms with van der Waals surface area (Å²) in [5, 5.41) is 1.66. The summed E-state index contributed by atoms with van der Waals surface area (Å²) in [6.45, 7) is 3.72. The fourth-order valence-electron chi connectivity index (χ4n) is 0.922. The Kier molecular flexibility index (Phi) is 4.72. The quantitative estimate of drug-likeness (QED) is 0.420.